The predicted molar refractivity (Wildman–Crippen MR) is 84.4 cm³/mol. The Kier molecular flexibility index (Phi) is 3.20. The molecular weight excluding hydrogens is 278 g/mol. The molecule has 4 rings (SSSR count). The third-order valence-corrected chi connectivity index (χ3v) is 5.56. The molecule has 22 heavy (non-hydrogen) atoms. The van der Waals surface area contributed by atoms with Crippen LogP contribution in [0.3, 0.4) is 0 Å². The highest BCUT2D eigenvalue weighted by Crippen LogP contribution is 2.57. The average Bonchev–Trinajstić information content (AvgIpc) is 2.81. The van der Waals surface area contributed by atoms with Crippen LogP contribution in [0, 0.1) is 5.92 Å². The van der Waals surface area contributed by atoms with E-state index in [-0.39, 0.29) is 24.0 Å². The Bertz CT molecular complexity index is 627. The molecule has 0 aromatic heterocycles. The molecule has 0 radical (unpaired) electrons. The lowest BCUT2D eigenvalue weighted by atomic mass is 9.65. The zero-order valence-corrected chi connectivity index (χ0v) is 13.2. The molecule has 0 amide bonds. The van der Waals surface area contributed by atoms with Gasteiger partial charge < -0.3 is 19.5 Å². The first-order valence-electron chi connectivity index (χ1n) is 8.02. The number of rotatable bonds is 2. The van der Waals surface area contributed by atoms with E-state index >= 15 is 0 Å². The minimum Gasteiger partial charge on any atom is -0.493 e. The fourth-order valence-corrected chi connectivity index (χ4v) is 4.50. The number of benzene rings is 1. The first-order valence-corrected chi connectivity index (χ1v) is 8.02. The van der Waals surface area contributed by atoms with Crippen molar-refractivity contribution >= 4 is 0 Å². The Morgan fingerprint density at radius 1 is 1.45 bits per heavy atom. The van der Waals surface area contributed by atoms with Crippen molar-refractivity contribution in [3.63, 3.8) is 0 Å². The van der Waals surface area contributed by atoms with E-state index < -0.39 is 0 Å². The normalized spacial score (nSPS) is 32.9. The van der Waals surface area contributed by atoms with Crippen LogP contribution in [0.1, 0.15) is 24.0 Å². The first kappa shape index (κ1) is 14.1. The maximum Gasteiger partial charge on any atom is 0.165 e. The molecule has 0 saturated carbocycles. The second kappa shape index (κ2) is 5.00. The van der Waals surface area contributed by atoms with Gasteiger partial charge in [0.05, 0.1) is 13.7 Å². The maximum atomic E-state index is 9.79. The van der Waals surface area contributed by atoms with Crippen LogP contribution in [0.4, 0.5) is 0 Å². The summed E-state index contributed by atoms with van der Waals surface area (Å²) in [6.07, 6.45) is 6.39. The standard InChI is InChI=1S/C18H23NO3/c1-19-9-8-18-7-3-4-13(11-20)17(18)22-16-14(21-2)6-5-12(10-19)15(16)18/h3-6,13,17,20H,7-11H2,1-2H3/t13?,17?,18-/m0/s1. The largest absolute Gasteiger partial charge is 0.493 e. The van der Waals surface area contributed by atoms with Gasteiger partial charge in [0.2, 0.25) is 0 Å². The Balaban J connectivity index is 1.94. The van der Waals surface area contributed by atoms with Gasteiger partial charge in [0.1, 0.15) is 6.10 Å². The second-order valence-electron chi connectivity index (χ2n) is 6.79. The lowest BCUT2D eigenvalue weighted by molar-refractivity contribution is 0.0566. The summed E-state index contributed by atoms with van der Waals surface area (Å²) in [5.74, 6) is 1.78. The van der Waals surface area contributed by atoms with Crippen molar-refractivity contribution in [2.24, 2.45) is 5.92 Å². The molecule has 1 N–H and O–H groups in total. The van der Waals surface area contributed by atoms with E-state index in [0.717, 1.165) is 37.4 Å². The van der Waals surface area contributed by atoms with Crippen LogP contribution in [0.5, 0.6) is 11.5 Å². The highest BCUT2D eigenvalue weighted by atomic mass is 16.5. The average molecular weight is 301 g/mol. The quantitative estimate of drug-likeness (QED) is 0.850. The predicted octanol–water partition coefficient (Wildman–Crippen LogP) is 2.10. The van der Waals surface area contributed by atoms with Gasteiger partial charge >= 0.3 is 0 Å². The number of hydrogen-bond donors (Lipinski definition) is 1. The Hall–Kier alpha value is -1.52. The molecule has 0 bridgehead atoms. The summed E-state index contributed by atoms with van der Waals surface area (Å²) in [5, 5.41) is 9.79. The molecule has 2 aliphatic heterocycles. The summed E-state index contributed by atoms with van der Waals surface area (Å²) in [6.45, 7) is 2.12. The van der Waals surface area contributed by atoms with E-state index in [1.807, 2.05) is 6.07 Å². The van der Waals surface area contributed by atoms with E-state index in [9.17, 15) is 5.11 Å². The van der Waals surface area contributed by atoms with E-state index in [4.69, 9.17) is 9.47 Å². The van der Waals surface area contributed by atoms with Gasteiger partial charge in [-0.1, -0.05) is 18.2 Å². The van der Waals surface area contributed by atoms with Gasteiger partial charge in [-0.25, -0.2) is 0 Å². The molecule has 0 saturated heterocycles. The van der Waals surface area contributed by atoms with Gasteiger partial charge in [0.25, 0.3) is 0 Å². The topological polar surface area (TPSA) is 41.9 Å². The van der Waals surface area contributed by atoms with Crippen LogP contribution >= 0.6 is 0 Å². The second-order valence-corrected chi connectivity index (χ2v) is 6.79. The number of ether oxygens (including phenoxy) is 2. The van der Waals surface area contributed by atoms with Gasteiger partial charge in [-0.2, -0.15) is 0 Å². The van der Waals surface area contributed by atoms with E-state index in [1.165, 1.54) is 11.1 Å². The van der Waals surface area contributed by atoms with Gasteiger partial charge in [-0.3, -0.25) is 0 Å². The maximum absolute atomic E-state index is 9.79. The molecular formula is C18H23NO3. The highest BCUT2D eigenvalue weighted by molar-refractivity contribution is 5.59. The summed E-state index contributed by atoms with van der Waals surface area (Å²) in [6, 6.07) is 4.19. The fourth-order valence-electron chi connectivity index (χ4n) is 4.50. The molecule has 3 aliphatic rings. The Morgan fingerprint density at radius 2 is 2.32 bits per heavy atom. The molecule has 1 spiro atoms. The third kappa shape index (κ3) is 1.77. The smallest absolute Gasteiger partial charge is 0.165 e. The summed E-state index contributed by atoms with van der Waals surface area (Å²) >= 11 is 0. The molecule has 1 aromatic rings. The molecule has 4 heteroatoms. The summed E-state index contributed by atoms with van der Waals surface area (Å²) < 4.78 is 11.9. The SMILES string of the molecule is COc1ccc2c3c1OC1C(CO)C=CC[C@]31CCN(C)C2. The first-order chi connectivity index (χ1) is 10.7. The van der Waals surface area contributed by atoms with Gasteiger partial charge in [0, 0.05) is 23.4 Å². The Morgan fingerprint density at radius 3 is 3.09 bits per heavy atom. The van der Waals surface area contributed by atoms with Gasteiger partial charge in [-0.15, -0.1) is 0 Å². The van der Waals surface area contributed by atoms with Crippen LogP contribution in [-0.2, 0) is 12.0 Å². The van der Waals surface area contributed by atoms with E-state index in [0.29, 0.717) is 0 Å². The van der Waals surface area contributed by atoms with E-state index in [2.05, 4.69) is 30.2 Å². The summed E-state index contributed by atoms with van der Waals surface area (Å²) in [5.41, 5.74) is 2.64. The highest BCUT2D eigenvalue weighted by Gasteiger charge is 2.54. The van der Waals surface area contributed by atoms with Crippen LogP contribution in [0.15, 0.2) is 24.3 Å². The molecule has 3 atom stereocenters. The molecule has 118 valence electrons. The number of nitrogens with zero attached hydrogens (tertiary/aromatic N) is 1. The molecule has 2 heterocycles. The van der Waals surface area contributed by atoms with Crippen molar-refractivity contribution < 1.29 is 14.6 Å². The van der Waals surface area contributed by atoms with Crippen molar-refractivity contribution in [1.82, 2.24) is 4.90 Å². The molecule has 1 aliphatic carbocycles. The van der Waals surface area contributed by atoms with Crippen molar-refractivity contribution in [3.8, 4) is 11.5 Å². The van der Waals surface area contributed by atoms with Crippen molar-refractivity contribution in [2.75, 3.05) is 27.3 Å². The van der Waals surface area contributed by atoms with Crippen LogP contribution in [-0.4, -0.2) is 43.4 Å². The number of aliphatic hydroxyl groups excluding tert-OH is 1. The minimum atomic E-state index is -0.0217. The van der Waals surface area contributed by atoms with Gasteiger partial charge in [-0.05, 0) is 38.1 Å². The summed E-state index contributed by atoms with van der Waals surface area (Å²) in [7, 11) is 3.87. The van der Waals surface area contributed by atoms with E-state index in [1.54, 1.807) is 7.11 Å². The van der Waals surface area contributed by atoms with Crippen LogP contribution < -0.4 is 9.47 Å². The lowest BCUT2D eigenvalue weighted by Gasteiger charge is -2.39. The number of aliphatic hydroxyl groups is 1. The van der Waals surface area contributed by atoms with Crippen molar-refractivity contribution in [2.45, 2.75) is 30.9 Å². The summed E-state index contributed by atoms with van der Waals surface area (Å²) in [4.78, 5) is 2.37. The molecule has 1 aromatic carbocycles. The number of methoxy groups -OCH3 is 1. The lowest BCUT2D eigenvalue weighted by Crippen LogP contribution is -2.46. The van der Waals surface area contributed by atoms with Crippen LogP contribution in [0.25, 0.3) is 0 Å². The molecule has 4 nitrogen and oxygen atoms in total. The third-order valence-electron chi connectivity index (χ3n) is 5.56. The molecule has 0 fully saturated rings. The van der Waals surface area contributed by atoms with Crippen molar-refractivity contribution in [1.29, 1.82) is 0 Å². The number of allylic oxidation sites excluding steroid dienone is 1. The Labute approximate surface area is 131 Å². The van der Waals surface area contributed by atoms with Crippen molar-refractivity contribution in [3.05, 3.63) is 35.4 Å². The fraction of sp³-hybridized carbons (Fsp3) is 0.556. The van der Waals surface area contributed by atoms with Gasteiger partial charge in [0.15, 0.2) is 11.5 Å². The minimum absolute atomic E-state index is 0.0130. The number of hydrogen-bond acceptors (Lipinski definition) is 4. The molecule has 2 unspecified atom stereocenters. The van der Waals surface area contributed by atoms with Crippen LogP contribution in [0.2, 0.25) is 0 Å². The monoisotopic (exact) mass is 301 g/mol. The zero-order chi connectivity index (χ0) is 15.3. The zero-order valence-electron chi connectivity index (χ0n) is 13.2.